The second kappa shape index (κ2) is 5.41. The summed E-state index contributed by atoms with van der Waals surface area (Å²) in [4.78, 5) is 0. The highest BCUT2D eigenvalue weighted by molar-refractivity contribution is 6.33. The number of anilines is 2. The highest BCUT2D eigenvalue weighted by atomic mass is 35.5. The number of hydrogen-bond donors (Lipinski definition) is 2. The Hall–Kier alpha value is -0.930. The summed E-state index contributed by atoms with van der Waals surface area (Å²) in [6, 6.07) is 5.55. The van der Waals surface area contributed by atoms with Crippen LogP contribution in [0, 0.1) is 5.92 Å². The molecule has 1 atom stereocenters. The van der Waals surface area contributed by atoms with Crippen molar-refractivity contribution in [2.24, 2.45) is 5.92 Å². The number of nitrogens with one attached hydrogen (secondary N) is 1. The van der Waals surface area contributed by atoms with Crippen LogP contribution in [0.25, 0.3) is 0 Å². The summed E-state index contributed by atoms with van der Waals surface area (Å²) in [5, 5.41) is 3.99. The Kier molecular flexibility index (Phi) is 3.91. The molecular formula is C12H17ClN2O. The van der Waals surface area contributed by atoms with Gasteiger partial charge in [0.25, 0.3) is 0 Å². The molecule has 1 unspecified atom stereocenters. The predicted molar refractivity (Wildman–Crippen MR) is 67.9 cm³/mol. The Bertz CT molecular complexity index is 331. The molecule has 2 rings (SSSR count). The normalized spacial score (nSPS) is 20.7. The maximum absolute atomic E-state index is 6.07. The van der Waals surface area contributed by atoms with Gasteiger partial charge in [0.2, 0.25) is 0 Å². The number of hydrogen-bond acceptors (Lipinski definition) is 3. The highest BCUT2D eigenvalue weighted by Gasteiger charge is 2.14. The smallest absolute Gasteiger partial charge is 0.0763 e. The lowest BCUT2D eigenvalue weighted by molar-refractivity contribution is 0.0595. The molecule has 16 heavy (non-hydrogen) atoms. The van der Waals surface area contributed by atoms with E-state index in [1.807, 2.05) is 18.2 Å². The second-order valence-corrected chi connectivity index (χ2v) is 4.58. The van der Waals surface area contributed by atoms with Crippen LogP contribution in [0.3, 0.4) is 0 Å². The Morgan fingerprint density at radius 2 is 2.38 bits per heavy atom. The minimum Gasteiger partial charge on any atom is -0.397 e. The Balaban J connectivity index is 1.93. The van der Waals surface area contributed by atoms with E-state index in [9.17, 15) is 0 Å². The van der Waals surface area contributed by atoms with Crippen molar-refractivity contribution in [2.45, 2.75) is 12.8 Å². The van der Waals surface area contributed by atoms with Gasteiger partial charge in [-0.05, 0) is 30.9 Å². The molecule has 1 aliphatic heterocycles. The molecule has 0 aliphatic carbocycles. The van der Waals surface area contributed by atoms with Crippen molar-refractivity contribution in [2.75, 3.05) is 30.8 Å². The van der Waals surface area contributed by atoms with Crippen molar-refractivity contribution < 1.29 is 4.74 Å². The van der Waals surface area contributed by atoms with Crippen LogP contribution < -0.4 is 11.1 Å². The van der Waals surface area contributed by atoms with Gasteiger partial charge >= 0.3 is 0 Å². The van der Waals surface area contributed by atoms with Gasteiger partial charge in [0.15, 0.2) is 0 Å². The van der Waals surface area contributed by atoms with Crippen LogP contribution in [0.2, 0.25) is 5.02 Å². The summed E-state index contributed by atoms with van der Waals surface area (Å²) in [7, 11) is 0. The van der Waals surface area contributed by atoms with E-state index in [-0.39, 0.29) is 0 Å². The SMILES string of the molecule is Nc1cccc(Cl)c1NCC1CCCOC1. The van der Waals surface area contributed by atoms with E-state index in [1.165, 1.54) is 6.42 Å². The summed E-state index contributed by atoms with van der Waals surface area (Å²) in [5.41, 5.74) is 7.40. The van der Waals surface area contributed by atoms with Crippen molar-refractivity contribution in [1.82, 2.24) is 0 Å². The van der Waals surface area contributed by atoms with Crippen LogP contribution in [-0.2, 0) is 4.74 Å². The first-order valence-corrected chi connectivity index (χ1v) is 6.01. The van der Waals surface area contributed by atoms with E-state index >= 15 is 0 Å². The quantitative estimate of drug-likeness (QED) is 0.799. The predicted octanol–water partition coefficient (Wildman–Crippen LogP) is 2.76. The number of nitrogen functional groups attached to an aromatic ring is 1. The molecule has 1 aromatic carbocycles. The molecule has 1 saturated heterocycles. The topological polar surface area (TPSA) is 47.3 Å². The van der Waals surface area contributed by atoms with Gasteiger partial charge in [0.05, 0.1) is 23.0 Å². The molecule has 4 heteroatoms. The van der Waals surface area contributed by atoms with E-state index in [2.05, 4.69) is 5.32 Å². The van der Waals surface area contributed by atoms with Gasteiger partial charge in [0, 0.05) is 13.2 Å². The summed E-state index contributed by atoms with van der Waals surface area (Å²) in [5.74, 6) is 0.560. The first kappa shape index (κ1) is 11.6. The van der Waals surface area contributed by atoms with Crippen molar-refractivity contribution in [1.29, 1.82) is 0 Å². The zero-order valence-electron chi connectivity index (χ0n) is 9.21. The number of rotatable bonds is 3. The third kappa shape index (κ3) is 2.80. The van der Waals surface area contributed by atoms with Crippen LogP contribution in [0.1, 0.15) is 12.8 Å². The Morgan fingerprint density at radius 1 is 1.50 bits per heavy atom. The molecule has 88 valence electrons. The van der Waals surface area contributed by atoms with E-state index < -0.39 is 0 Å². The fourth-order valence-corrected chi connectivity index (χ4v) is 2.19. The summed E-state index contributed by atoms with van der Waals surface area (Å²) < 4.78 is 5.43. The van der Waals surface area contributed by atoms with E-state index in [1.54, 1.807) is 0 Å². The number of nitrogens with two attached hydrogens (primary N) is 1. The molecule has 1 aliphatic rings. The van der Waals surface area contributed by atoms with Crippen LogP contribution in [0.4, 0.5) is 11.4 Å². The fraction of sp³-hybridized carbons (Fsp3) is 0.500. The molecule has 1 heterocycles. The van der Waals surface area contributed by atoms with E-state index in [0.717, 1.165) is 31.9 Å². The molecule has 0 spiro atoms. The molecule has 0 saturated carbocycles. The largest absolute Gasteiger partial charge is 0.397 e. The maximum Gasteiger partial charge on any atom is 0.0763 e. The monoisotopic (exact) mass is 240 g/mol. The molecule has 1 aromatic rings. The van der Waals surface area contributed by atoms with Crippen molar-refractivity contribution in [3.8, 4) is 0 Å². The van der Waals surface area contributed by atoms with E-state index in [0.29, 0.717) is 16.6 Å². The van der Waals surface area contributed by atoms with E-state index in [4.69, 9.17) is 22.1 Å². The van der Waals surface area contributed by atoms with Crippen LogP contribution >= 0.6 is 11.6 Å². The third-order valence-corrected chi connectivity index (χ3v) is 3.18. The zero-order valence-corrected chi connectivity index (χ0v) is 9.96. The average Bonchev–Trinajstić information content (AvgIpc) is 2.30. The Morgan fingerprint density at radius 3 is 3.06 bits per heavy atom. The zero-order chi connectivity index (χ0) is 11.4. The van der Waals surface area contributed by atoms with Crippen molar-refractivity contribution in [3.63, 3.8) is 0 Å². The number of benzene rings is 1. The summed E-state index contributed by atoms with van der Waals surface area (Å²) in [6.07, 6.45) is 2.35. The lowest BCUT2D eigenvalue weighted by atomic mass is 10.0. The molecule has 3 nitrogen and oxygen atoms in total. The highest BCUT2D eigenvalue weighted by Crippen LogP contribution is 2.28. The van der Waals surface area contributed by atoms with Gasteiger partial charge in [-0.3, -0.25) is 0 Å². The Labute approximate surface area is 101 Å². The molecule has 0 aromatic heterocycles. The lowest BCUT2D eigenvalue weighted by Gasteiger charge is -2.23. The van der Waals surface area contributed by atoms with Gasteiger partial charge in [-0.2, -0.15) is 0 Å². The lowest BCUT2D eigenvalue weighted by Crippen LogP contribution is -2.24. The first-order valence-electron chi connectivity index (χ1n) is 5.63. The minimum atomic E-state index is 0.560. The number of ether oxygens (including phenoxy) is 1. The minimum absolute atomic E-state index is 0.560. The van der Waals surface area contributed by atoms with Gasteiger partial charge < -0.3 is 15.8 Å². The molecule has 0 radical (unpaired) electrons. The van der Waals surface area contributed by atoms with Gasteiger partial charge in [-0.15, -0.1) is 0 Å². The van der Waals surface area contributed by atoms with Crippen LogP contribution in [-0.4, -0.2) is 19.8 Å². The van der Waals surface area contributed by atoms with Gasteiger partial charge in [0.1, 0.15) is 0 Å². The van der Waals surface area contributed by atoms with Crippen LogP contribution in [0.5, 0.6) is 0 Å². The van der Waals surface area contributed by atoms with Crippen LogP contribution in [0.15, 0.2) is 18.2 Å². The molecular weight excluding hydrogens is 224 g/mol. The van der Waals surface area contributed by atoms with Crippen molar-refractivity contribution >= 4 is 23.0 Å². The first-order chi connectivity index (χ1) is 7.77. The van der Waals surface area contributed by atoms with Gasteiger partial charge in [-0.1, -0.05) is 17.7 Å². The molecule has 3 N–H and O–H groups in total. The van der Waals surface area contributed by atoms with Gasteiger partial charge in [-0.25, -0.2) is 0 Å². The third-order valence-electron chi connectivity index (χ3n) is 2.87. The molecule has 0 bridgehead atoms. The summed E-state index contributed by atoms with van der Waals surface area (Å²) in [6.45, 7) is 2.59. The molecule has 0 amide bonds. The standard InChI is InChI=1S/C12H17ClN2O/c13-10-4-1-5-11(14)12(10)15-7-9-3-2-6-16-8-9/h1,4-5,9,15H,2-3,6-8,14H2. The maximum atomic E-state index is 6.07. The molecule has 1 fully saturated rings. The number of para-hydroxylation sites is 1. The van der Waals surface area contributed by atoms with Crippen molar-refractivity contribution in [3.05, 3.63) is 23.2 Å². The number of halogens is 1. The average molecular weight is 241 g/mol. The second-order valence-electron chi connectivity index (χ2n) is 4.17. The summed E-state index contributed by atoms with van der Waals surface area (Å²) >= 11 is 6.07. The fourth-order valence-electron chi connectivity index (χ4n) is 1.94.